The fourth-order valence-electron chi connectivity index (χ4n) is 1.97. The van der Waals surface area contributed by atoms with E-state index in [1.165, 1.54) is 18.2 Å². The molecule has 4 nitrogen and oxygen atoms in total. The molecule has 3 rings (SSSR count). The Morgan fingerprint density at radius 3 is 2.65 bits per heavy atom. The first-order valence-electron chi connectivity index (χ1n) is 5.93. The molecule has 0 bridgehead atoms. The van der Waals surface area contributed by atoms with Gasteiger partial charge in [-0.3, -0.25) is 0 Å². The summed E-state index contributed by atoms with van der Waals surface area (Å²) in [4.78, 5) is 0. The number of hydrogen-bond donors (Lipinski definition) is 2. The van der Waals surface area contributed by atoms with Crippen LogP contribution in [0.3, 0.4) is 0 Å². The van der Waals surface area contributed by atoms with E-state index in [2.05, 4.69) is 5.32 Å². The van der Waals surface area contributed by atoms with E-state index in [9.17, 15) is 9.50 Å². The van der Waals surface area contributed by atoms with E-state index in [4.69, 9.17) is 21.1 Å². The van der Waals surface area contributed by atoms with Crippen molar-refractivity contribution in [1.82, 2.24) is 0 Å². The lowest BCUT2D eigenvalue weighted by atomic mass is 10.1. The number of phenols is 1. The lowest BCUT2D eigenvalue weighted by molar-refractivity contribution is 0.174. The molecular weight excluding hydrogens is 285 g/mol. The second-order valence-corrected chi connectivity index (χ2v) is 4.78. The van der Waals surface area contributed by atoms with Gasteiger partial charge in [0.2, 0.25) is 6.79 Å². The van der Waals surface area contributed by atoms with Gasteiger partial charge in [-0.1, -0.05) is 11.6 Å². The molecule has 2 N–H and O–H groups in total. The van der Waals surface area contributed by atoms with Gasteiger partial charge in [0.15, 0.2) is 11.5 Å². The van der Waals surface area contributed by atoms with E-state index >= 15 is 0 Å². The Labute approximate surface area is 119 Å². The third-order valence-electron chi connectivity index (χ3n) is 2.92. The first kappa shape index (κ1) is 12.9. The Morgan fingerprint density at radius 2 is 1.90 bits per heavy atom. The molecule has 0 unspecified atom stereocenters. The molecule has 0 aliphatic carbocycles. The van der Waals surface area contributed by atoms with Crippen molar-refractivity contribution in [2.75, 3.05) is 12.1 Å². The fourth-order valence-corrected chi connectivity index (χ4v) is 2.19. The van der Waals surface area contributed by atoms with Crippen molar-refractivity contribution in [3.05, 3.63) is 46.7 Å². The van der Waals surface area contributed by atoms with Crippen LogP contribution < -0.4 is 14.8 Å². The lowest BCUT2D eigenvalue weighted by Gasteiger charge is -2.09. The van der Waals surface area contributed by atoms with Gasteiger partial charge in [0, 0.05) is 28.9 Å². The summed E-state index contributed by atoms with van der Waals surface area (Å²) in [6.07, 6.45) is 0. The zero-order chi connectivity index (χ0) is 14.1. The molecule has 1 aliphatic rings. The van der Waals surface area contributed by atoms with Crippen LogP contribution in [0, 0.1) is 5.82 Å². The summed E-state index contributed by atoms with van der Waals surface area (Å²) in [5, 5.41) is 13.2. The van der Waals surface area contributed by atoms with Crippen molar-refractivity contribution < 1.29 is 19.0 Å². The number of halogens is 2. The highest BCUT2D eigenvalue weighted by Gasteiger charge is 2.16. The summed E-state index contributed by atoms with van der Waals surface area (Å²) in [6.45, 7) is 0.452. The summed E-state index contributed by atoms with van der Waals surface area (Å²) in [7, 11) is 0. The van der Waals surface area contributed by atoms with E-state index in [1.54, 1.807) is 12.1 Å². The number of benzene rings is 2. The maximum atomic E-state index is 13.2. The molecule has 1 heterocycles. The van der Waals surface area contributed by atoms with Crippen LogP contribution in [0.1, 0.15) is 5.56 Å². The van der Waals surface area contributed by atoms with Crippen LogP contribution in [0.2, 0.25) is 5.02 Å². The Bertz CT molecular complexity index is 643. The average molecular weight is 296 g/mol. The molecular formula is C14H11ClFNO3. The van der Waals surface area contributed by atoms with Crippen molar-refractivity contribution >= 4 is 17.3 Å². The predicted molar refractivity (Wildman–Crippen MR) is 73.0 cm³/mol. The normalized spacial score (nSPS) is 12.5. The van der Waals surface area contributed by atoms with E-state index in [0.717, 1.165) is 0 Å². The van der Waals surface area contributed by atoms with Crippen LogP contribution in [0.5, 0.6) is 17.2 Å². The molecule has 0 aromatic heterocycles. The number of phenolic OH excluding ortho intramolecular Hbond substituents is 1. The first-order chi connectivity index (χ1) is 9.61. The molecule has 2 aromatic rings. The van der Waals surface area contributed by atoms with E-state index in [1.807, 2.05) is 0 Å². The summed E-state index contributed by atoms with van der Waals surface area (Å²) >= 11 is 5.77. The lowest BCUT2D eigenvalue weighted by Crippen LogP contribution is -2.00. The van der Waals surface area contributed by atoms with Gasteiger partial charge in [-0.15, -0.1) is 0 Å². The molecule has 104 valence electrons. The van der Waals surface area contributed by atoms with E-state index in [-0.39, 0.29) is 12.5 Å². The van der Waals surface area contributed by atoms with E-state index < -0.39 is 5.82 Å². The largest absolute Gasteiger partial charge is 0.507 e. The van der Waals surface area contributed by atoms with Gasteiger partial charge in [-0.05, 0) is 24.3 Å². The standard InChI is InChI=1S/C14H11ClFNO3/c15-9-2-10(16)4-11(3-9)17-6-8-1-13-14(5-12(8)18)20-7-19-13/h1-5,17-18H,6-7H2. The van der Waals surface area contributed by atoms with Gasteiger partial charge in [-0.25, -0.2) is 4.39 Å². The molecule has 1 aliphatic heterocycles. The maximum absolute atomic E-state index is 13.2. The molecule has 0 amide bonds. The van der Waals surface area contributed by atoms with Crippen molar-refractivity contribution in [1.29, 1.82) is 0 Å². The summed E-state index contributed by atoms with van der Waals surface area (Å²) < 4.78 is 23.6. The number of rotatable bonds is 3. The number of anilines is 1. The van der Waals surface area contributed by atoms with Gasteiger partial charge in [0.1, 0.15) is 11.6 Å². The smallest absolute Gasteiger partial charge is 0.231 e. The number of aromatic hydroxyl groups is 1. The topological polar surface area (TPSA) is 50.7 Å². The molecule has 0 radical (unpaired) electrons. The van der Waals surface area contributed by atoms with Gasteiger partial charge in [0.25, 0.3) is 0 Å². The van der Waals surface area contributed by atoms with Crippen LogP contribution in [0.25, 0.3) is 0 Å². The summed E-state index contributed by atoms with van der Waals surface area (Å²) in [6, 6.07) is 7.35. The highest BCUT2D eigenvalue weighted by Crippen LogP contribution is 2.37. The van der Waals surface area contributed by atoms with Crippen LogP contribution in [-0.4, -0.2) is 11.9 Å². The number of ether oxygens (including phenoxy) is 2. The monoisotopic (exact) mass is 295 g/mol. The second kappa shape index (κ2) is 5.09. The quantitative estimate of drug-likeness (QED) is 0.909. The van der Waals surface area contributed by atoms with Crippen molar-refractivity contribution in [2.45, 2.75) is 6.54 Å². The third kappa shape index (κ3) is 2.58. The Kier molecular flexibility index (Phi) is 3.28. The zero-order valence-electron chi connectivity index (χ0n) is 10.3. The molecule has 0 fully saturated rings. The minimum absolute atomic E-state index is 0.0873. The molecule has 0 saturated carbocycles. The first-order valence-corrected chi connectivity index (χ1v) is 6.31. The number of nitrogens with one attached hydrogen (secondary N) is 1. The molecule has 2 aromatic carbocycles. The van der Waals surface area contributed by atoms with E-state index in [0.29, 0.717) is 34.3 Å². The van der Waals surface area contributed by atoms with Crippen LogP contribution in [-0.2, 0) is 6.54 Å². The predicted octanol–water partition coefficient (Wildman–Crippen LogP) is 3.53. The Balaban J connectivity index is 1.78. The average Bonchev–Trinajstić information content (AvgIpc) is 2.81. The number of fused-ring (bicyclic) bond motifs is 1. The van der Waals surface area contributed by atoms with Gasteiger partial charge in [0.05, 0.1) is 0 Å². The third-order valence-corrected chi connectivity index (χ3v) is 3.14. The Morgan fingerprint density at radius 1 is 1.15 bits per heavy atom. The van der Waals surface area contributed by atoms with Gasteiger partial charge >= 0.3 is 0 Å². The molecule has 20 heavy (non-hydrogen) atoms. The van der Waals surface area contributed by atoms with Crippen LogP contribution >= 0.6 is 11.6 Å². The molecule has 0 atom stereocenters. The minimum atomic E-state index is -0.421. The highest BCUT2D eigenvalue weighted by atomic mass is 35.5. The minimum Gasteiger partial charge on any atom is -0.507 e. The van der Waals surface area contributed by atoms with Gasteiger partial charge in [-0.2, -0.15) is 0 Å². The molecule has 0 saturated heterocycles. The van der Waals surface area contributed by atoms with Crippen molar-refractivity contribution in [2.24, 2.45) is 0 Å². The Hall–Kier alpha value is -2.14. The maximum Gasteiger partial charge on any atom is 0.231 e. The zero-order valence-corrected chi connectivity index (χ0v) is 11.1. The summed E-state index contributed by atoms with van der Waals surface area (Å²) in [5.41, 5.74) is 1.15. The SMILES string of the molecule is Oc1cc2c(cc1CNc1cc(F)cc(Cl)c1)OCO2. The van der Waals surface area contributed by atoms with Crippen LogP contribution in [0.4, 0.5) is 10.1 Å². The molecule has 0 spiro atoms. The highest BCUT2D eigenvalue weighted by molar-refractivity contribution is 6.30. The van der Waals surface area contributed by atoms with Gasteiger partial charge < -0.3 is 19.9 Å². The fraction of sp³-hybridized carbons (Fsp3) is 0.143. The second-order valence-electron chi connectivity index (χ2n) is 4.35. The van der Waals surface area contributed by atoms with Crippen molar-refractivity contribution in [3.63, 3.8) is 0 Å². The number of hydrogen-bond acceptors (Lipinski definition) is 4. The molecule has 6 heteroatoms. The van der Waals surface area contributed by atoms with Crippen LogP contribution in [0.15, 0.2) is 30.3 Å². The van der Waals surface area contributed by atoms with Crippen molar-refractivity contribution in [3.8, 4) is 17.2 Å². The summed E-state index contributed by atoms with van der Waals surface area (Å²) in [5.74, 6) is 0.760.